The first kappa shape index (κ1) is 18.7. The summed E-state index contributed by atoms with van der Waals surface area (Å²) in [5.41, 5.74) is 1.65. The molecule has 0 bridgehead atoms. The van der Waals surface area contributed by atoms with Crippen molar-refractivity contribution in [3.05, 3.63) is 66.2 Å². The Morgan fingerprint density at radius 1 is 0.880 bits per heavy atom. The van der Waals surface area contributed by atoms with Gasteiger partial charge in [0.25, 0.3) is 5.91 Å². The molecule has 0 unspecified atom stereocenters. The number of hydrogen-bond acceptors (Lipinski definition) is 3. The third-order valence-electron chi connectivity index (χ3n) is 3.87. The third kappa shape index (κ3) is 6.42. The monoisotopic (exact) mass is 339 g/mol. The maximum absolute atomic E-state index is 12.5. The van der Waals surface area contributed by atoms with Gasteiger partial charge in [0.1, 0.15) is 0 Å². The van der Waals surface area contributed by atoms with Gasteiger partial charge in [-0.05, 0) is 30.5 Å². The third-order valence-corrected chi connectivity index (χ3v) is 3.87. The molecule has 0 N–H and O–H groups in total. The quantitative estimate of drug-likeness (QED) is 0.518. The average molecular weight is 339 g/mol. The van der Waals surface area contributed by atoms with Crippen LogP contribution >= 0.6 is 0 Å². The summed E-state index contributed by atoms with van der Waals surface area (Å²) in [4.78, 5) is 30.1. The number of para-hydroxylation sites is 1. The molecule has 0 atom stereocenters. The Hall–Kier alpha value is -2.62. The molecule has 132 valence electrons. The van der Waals surface area contributed by atoms with Crippen molar-refractivity contribution in [3.63, 3.8) is 0 Å². The van der Waals surface area contributed by atoms with Crippen LogP contribution in [0.1, 0.15) is 44.6 Å². The van der Waals surface area contributed by atoms with Crippen LogP contribution in [0, 0.1) is 0 Å². The molecule has 4 heteroatoms. The molecule has 25 heavy (non-hydrogen) atoms. The van der Waals surface area contributed by atoms with Gasteiger partial charge in [-0.2, -0.15) is 0 Å². The number of carbonyl (C=O) groups excluding carboxylic acids is 2. The fourth-order valence-corrected chi connectivity index (χ4v) is 2.48. The van der Waals surface area contributed by atoms with Crippen molar-refractivity contribution in [1.29, 1.82) is 0 Å². The number of benzene rings is 2. The van der Waals surface area contributed by atoms with E-state index in [4.69, 9.17) is 4.84 Å². The molecule has 0 aliphatic rings. The highest BCUT2D eigenvalue weighted by Crippen LogP contribution is 2.17. The Morgan fingerprint density at radius 3 is 2.16 bits per heavy atom. The van der Waals surface area contributed by atoms with Crippen molar-refractivity contribution < 1.29 is 14.4 Å². The van der Waals surface area contributed by atoms with E-state index in [1.54, 1.807) is 12.1 Å². The minimum Gasteiger partial charge on any atom is -0.333 e. The van der Waals surface area contributed by atoms with E-state index < -0.39 is 5.97 Å². The standard InChI is InChI=1S/C21H25NO3/c1-2-3-6-15-20(23)22(19-13-9-5-10-14-19)25-21(24)17-16-18-11-7-4-8-12-18/h4-5,7-14H,2-3,6,15-17H2,1H3. The highest BCUT2D eigenvalue weighted by molar-refractivity contribution is 5.93. The number of nitrogens with zero attached hydrogens (tertiary/aromatic N) is 1. The average Bonchev–Trinajstić information content (AvgIpc) is 2.66. The number of anilines is 1. The number of unbranched alkanes of at least 4 members (excludes halogenated alkanes) is 2. The predicted molar refractivity (Wildman–Crippen MR) is 98.9 cm³/mol. The fraction of sp³-hybridized carbons (Fsp3) is 0.333. The SMILES string of the molecule is CCCCCC(=O)N(OC(=O)CCc1ccccc1)c1ccccc1. The molecule has 1 amide bonds. The van der Waals surface area contributed by atoms with E-state index in [1.807, 2.05) is 48.5 Å². The molecule has 2 aromatic carbocycles. The van der Waals surface area contributed by atoms with Crippen LogP contribution in [0.3, 0.4) is 0 Å². The normalized spacial score (nSPS) is 10.3. The van der Waals surface area contributed by atoms with Gasteiger partial charge in [0, 0.05) is 6.42 Å². The van der Waals surface area contributed by atoms with Crippen LogP contribution in [0.2, 0.25) is 0 Å². The van der Waals surface area contributed by atoms with Gasteiger partial charge in [-0.3, -0.25) is 4.79 Å². The summed E-state index contributed by atoms with van der Waals surface area (Å²) < 4.78 is 0. The molecule has 0 spiro atoms. The predicted octanol–water partition coefficient (Wildman–Crippen LogP) is 4.69. The van der Waals surface area contributed by atoms with Crippen LogP contribution in [0.5, 0.6) is 0 Å². The van der Waals surface area contributed by atoms with Crippen molar-refractivity contribution in [3.8, 4) is 0 Å². The lowest BCUT2D eigenvalue weighted by Gasteiger charge is -2.21. The lowest BCUT2D eigenvalue weighted by atomic mass is 10.1. The van der Waals surface area contributed by atoms with Gasteiger partial charge in [0.2, 0.25) is 0 Å². The van der Waals surface area contributed by atoms with E-state index in [2.05, 4.69) is 6.92 Å². The van der Waals surface area contributed by atoms with Crippen molar-refractivity contribution in [2.24, 2.45) is 0 Å². The summed E-state index contributed by atoms with van der Waals surface area (Å²) >= 11 is 0. The van der Waals surface area contributed by atoms with Crippen LogP contribution in [0.4, 0.5) is 5.69 Å². The van der Waals surface area contributed by atoms with Gasteiger partial charge in [-0.1, -0.05) is 68.3 Å². The van der Waals surface area contributed by atoms with Gasteiger partial charge >= 0.3 is 5.97 Å². The summed E-state index contributed by atoms with van der Waals surface area (Å²) in [6.07, 6.45) is 4.00. The fourth-order valence-electron chi connectivity index (χ4n) is 2.48. The van der Waals surface area contributed by atoms with Crippen LogP contribution < -0.4 is 5.06 Å². The molecule has 0 radical (unpaired) electrons. The minimum absolute atomic E-state index is 0.187. The molecule has 2 rings (SSSR count). The van der Waals surface area contributed by atoms with E-state index in [0.29, 0.717) is 18.5 Å². The molecular weight excluding hydrogens is 314 g/mol. The molecule has 0 fully saturated rings. The Labute approximate surface area is 149 Å². The van der Waals surface area contributed by atoms with E-state index >= 15 is 0 Å². The largest absolute Gasteiger partial charge is 0.333 e. The topological polar surface area (TPSA) is 46.6 Å². The highest BCUT2D eigenvalue weighted by atomic mass is 16.7. The second-order valence-corrected chi connectivity index (χ2v) is 5.93. The second-order valence-electron chi connectivity index (χ2n) is 5.93. The Bertz CT molecular complexity index is 655. The van der Waals surface area contributed by atoms with Crippen LogP contribution in [-0.4, -0.2) is 11.9 Å². The molecular formula is C21H25NO3. The molecule has 0 saturated carbocycles. The summed E-state index contributed by atoms with van der Waals surface area (Å²) in [7, 11) is 0. The summed E-state index contributed by atoms with van der Waals surface area (Å²) in [5, 5.41) is 1.14. The van der Waals surface area contributed by atoms with Gasteiger partial charge < -0.3 is 4.84 Å². The number of rotatable bonds is 8. The Kier molecular flexibility index (Phi) is 7.70. The summed E-state index contributed by atoms with van der Waals surface area (Å²) in [6.45, 7) is 2.09. The molecule has 0 aliphatic heterocycles. The van der Waals surface area contributed by atoms with Crippen molar-refractivity contribution in [2.75, 3.05) is 5.06 Å². The summed E-state index contributed by atoms with van der Waals surface area (Å²) in [5.74, 6) is -0.593. The highest BCUT2D eigenvalue weighted by Gasteiger charge is 2.20. The molecule has 4 nitrogen and oxygen atoms in total. The minimum atomic E-state index is -0.406. The number of aryl methyl sites for hydroxylation is 1. The number of hydroxylamine groups is 1. The molecule has 0 aromatic heterocycles. The van der Waals surface area contributed by atoms with Crippen LogP contribution in [0.15, 0.2) is 60.7 Å². The van der Waals surface area contributed by atoms with Crippen molar-refractivity contribution in [1.82, 2.24) is 0 Å². The van der Waals surface area contributed by atoms with Gasteiger partial charge in [0.15, 0.2) is 0 Å². The second kappa shape index (κ2) is 10.3. The lowest BCUT2D eigenvalue weighted by Crippen LogP contribution is -2.33. The van der Waals surface area contributed by atoms with Gasteiger partial charge in [-0.25, -0.2) is 4.79 Å². The van der Waals surface area contributed by atoms with Gasteiger partial charge in [0.05, 0.1) is 12.1 Å². The number of hydrogen-bond donors (Lipinski definition) is 0. The zero-order valence-corrected chi connectivity index (χ0v) is 14.7. The molecule has 0 saturated heterocycles. The van der Waals surface area contributed by atoms with Crippen LogP contribution in [0.25, 0.3) is 0 Å². The van der Waals surface area contributed by atoms with E-state index in [0.717, 1.165) is 29.9 Å². The zero-order valence-electron chi connectivity index (χ0n) is 14.7. The first-order chi connectivity index (χ1) is 12.2. The first-order valence-corrected chi connectivity index (χ1v) is 8.83. The lowest BCUT2D eigenvalue weighted by molar-refractivity contribution is -0.150. The van der Waals surface area contributed by atoms with Crippen LogP contribution in [-0.2, 0) is 20.8 Å². The Balaban J connectivity index is 1.97. The van der Waals surface area contributed by atoms with E-state index in [9.17, 15) is 9.59 Å². The maximum atomic E-state index is 12.5. The molecule has 2 aromatic rings. The van der Waals surface area contributed by atoms with E-state index in [1.165, 1.54) is 0 Å². The van der Waals surface area contributed by atoms with E-state index in [-0.39, 0.29) is 12.3 Å². The number of carbonyl (C=O) groups is 2. The summed E-state index contributed by atoms with van der Waals surface area (Å²) in [6, 6.07) is 18.8. The molecule has 0 aliphatic carbocycles. The van der Waals surface area contributed by atoms with Gasteiger partial charge in [-0.15, -0.1) is 5.06 Å². The number of amides is 1. The van der Waals surface area contributed by atoms with Crippen molar-refractivity contribution in [2.45, 2.75) is 45.4 Å². The smallest absolute Gasteiger partial charge is 0.333 e. The maximum Gasteiger partial charge on any atom is 0.333 e. The first-order valence-electron chi connectivity index (χ1n) is 8.83. The zero-order chi connectivity index (χ0) is 17.9. The Morgan fingerprint density at radius 2 is 1.52 bits per heavy atom. The molecule has 0 heterocycles. The van der Waals surface area contributed by atoms with Crippen molar-refractivity contribution >= 4 is 17.6 Å².